The number of benzene rings is 1. The fourth-order valence-corrected chi connectivity index (χ4v) is 3.15. The molecule has 0 aliphatic heterocycles. The van der Waals surface area contributed by atoms with E-state index in [1.165, 1.54) is 0 Å². The van der Waals surface area contributed by atoms with Gasteiger partial charge in [0.05, 0.1) is 6.20 Å². The molecule has 0 radical (unpaired) electrons. The number of rotatable bonds is 7. The van der Waals surface area contributed by atoms with Gasteiger partial charge in [0.25, 0.3) is 5.91 Å². The van der Waals surface area contributed by atoms with Crippen molar-refractivity contribution in [3.8, 4) is 0 Å². The lowest BCUT2D eigenvalue weighted by atomic mass is 10.2. The summed E-state index contributed by atoms with van der Waals surface area (Å²) in [5.74, 6) is 0.284. The number of nitrogens with one attached hydrogen (secondary N) is 3. The van der Waals surface area contributed by atoms with Crippen LogP contribution in [-0.2, 0) is 0 Å². The molecule has 148 valence electrons. The Labute approximate surface area is 163 Å². The first kappa shape index (κ1) is 19.6. The Balaban J connectivity index is 1.85. The van der Waals surface area contributed by atoms with E-state index in [-0.39, 0.29) is 23.7 Å². The summed E-state index contributed by atoms with van der Waals surface area (Å²) >= 11 is 0. The molecule has 8 heteroatoms. The van der Waals surface area contributed by atoms with Crippen molar-refractivity contribution in [2.24, 2.45) is 0 Å². The molecule has 0 aliphatic rings. The fraction of sp³-hybridized carbons (Fsp3) is 0.400. The Morgan fingerprint density at radius 2 is 1.86 bits per heavy atom. The highest BCUT2D eigenvalue weighted by atomic mass is 16.2. The number of H-pyrrole nitrogens is 1. The van der Waals surface area contributed by atoms with E-state index in [2.05, 4.69) is 39.4 Å². The van der Waals surface area contributed by atoms with E-state index >= 15 is 0 Å². The number of carbonyl (C=O) groups is 1. The molecular weight excluding hydrogens is 356 g/mol. The zero-order chi connectivity index (χ0) is 20.3. The average Bonchev–Trinajstić information content (AvgIpc) is 2.98. The minimum absolute atomic E-state index is 0.0828. The van der Waals surface area contributed by atoms with Gasteiger partial charge in [-0.15, -0.1) is 0 Å². The van der Waals surface area contributed by atoms with Gasteiger partial charge in [-0.05, 0) is 51.0 Å². The second-order valence-electron chi connectivity index (χ2n) is 7.03. The molecule has 0 saturated heterocycles. The molecule has 0 bridgehead atoms. The number of hydrogen-bond acceptors (Lipinski definition) is 5. The largest absolute Gasteiger partial charge is 0.350 e. The molecule has 0 unspecified atom stereocenters. The molecule has 1 aromatic carbocycles. The minimum Gasteiger partial charge on any atom is -0.350 e. The van der Waals surface area contributed by atoms with Crippen LogP contribution in [0, 0.1) is 0 Å². The standard InChI is InChI=1S/C20H26N6O2/c1-5-15(6-2)26-17-16(24-20(26)28)11-21-19(25-17)23-14-9-7-13(8-10-14)18(27)22-12(3)4/h7-12,15H,5-6H2,1-4H3,(H,22,27)(H,24,28)(H,21,23,25). The Kier molecular flexibility index (Phi) is 5.77. The van der Waals surface area contributed by atoms with Gasteiger partial charge in [0.15, 0.2) is 5.65 Å². The number of fused-ring (bicyclic) bond motifs is 1. The van der Waals surface area contributed by atoms with E-state index in [1.54, 1.807) is 35.0 Å². The second kappa shape index (κ2) is 8.24. The highest BCUT2D eigenvalue weighted by molar-refractivity contribution is 5.94. The zero-order valence-electron chi connectivity index (χ0n) is 16.6. The van der Waals surface area contributed by atoms with Gasteiger partial charge in [0.1, 0.15) is 5.52 Å². The molecule has 1 amide bonds. The van der Waals surface area contributed by atoms with Crippen LogP contribution in [0.3, 0.4) is 0 Å². The molecule has 0 spiro atoms. The summed E-state index contributed by atoms with van der Waals surface area (Å²) < 4.78 is 1.70. The summed E-state index contributed by atoms with van der Waals surface area (Å²) in [7, 11) is 0. The van der Waals surface area contributed by atoms with Gasteiger partial charge < -0.3 is 15.6 Å². The van der Waals surface area contributed by atoms with Gasteiger partial charge in [-0.3, -0.25) is 9.36 Å². The fourth-order valence-electron chi connectivity index (χ4n) is 3.15. The maximum atomic E-state index is 12.3. The van der Waals surface area contributed by atoms with E-state index in [9.17, 15) is 9.59 Å². The van der Waals surface area contributed by atoms with Gasteiger partial charge in [0, 0.05) is 23.3 Å². The van der Waals surface area contributed by atoms with Crippen molar-refractivity contribution < 1.29 is 4.79 Å². The molecule has 2 heterocycles. The maximum absolute atomic E-state index is 12.3. The molecule has 8 nitrogen and oxygen atoms in total. The van der Waals surface area contributed by atoms with Crippen LogP contribution in [-0.4, -0.2) is 31.5 Å². The first-order valence-corrected chi connectivity index (χ1v) is 9.58. The second-order valence-corrected chi connectivity index (χ2v) is 7.03. The minimum atomic E-state index is -0.171. The van der Waals surface area contributed by atoms with E-state index in [0.29, 0.717) is 22.7 Å². The number of carbonyl (C=O) groups excluding carboxylic acids is 1. The lowest BCUT2D eigenvalue weighted by molar-refractivity contribution is 0.0943. The van der Waals surface area contributed by atoms with Crippen LogP contribution < -0.4 is 16.3 Å². The van der Waals surface area contributed by atoms with Crippen molar-refractivity contribution in [3.63, 3.8) is 0 Å². The van der Waals surface area contributed by atoms with Crippen molar-refractivity contribution in [1.82, 2.24) is 24.8 Å². The van der Waals surface area contributed by atoms with Crippen LogP contribution in [0.2, 0.25) is 0 Å². The smallest absolute Gasteiger partial charge is 0.327 e. The number of anilines is 2. The van der Waals surface area contributed by atoms with Crippen LogP contribution in [0.25, 0.3) is 11.2 Å². The van der Waals surface area contributed by atoms with E-state index in [4.69, 9.17) is 0 Å². The molecule has 2 aromatic heterocycles. The predicted octanol–water partition coefficient (Wildman–Crippen LogP) is 3.36. The third-order valence-corrected chi connectivity index (χ3v) is 4.59. The third kappa shape index (κ3) is 4.05. The normalized spacial score (nSPS) is 11.4. The SMILES string of the molecule is CCC(CC)n1c(=O)[nH]c2cnc(Nc3ccc(C(=O)NC(C)C)cc3)nc21. The predicted molar refractivity (Wildman–Crippen MR) is 110 cm³/mol. The van der Waals surface area contributed by atoms with Crippen molar-refractivity contribution in [1.29, 1.82) is 0 Å². The van der Waals surface area contributed by atoms with Gasteiger partial charge in [0.2, 0.25) is 5.95 Å². The number of aromatic nitrogens is 4. The highest BCUT2D eigenvalue weighted by Gasteiger charge is 2.16. The monoisotopic (exact) mass is 382 g/mol. The molecule has 3 rings (SSSR count). The molecule has 28 heavy (non-hydrogen) atoms. The number of nitrogens with zero attached hydrogens (tertiary/aromatic N) is 3. The van der Waals surface area contributed by atoms with Gasteiger partial charge in [-0.2, -0.15) is 4.98 Å². The molecule has 3 N–H and O–H groups in total. The Morgan fingerprint density at radius 1 is 1.18 bits per heavy atom. The van der Waals surface area contributed by atoms with Crippen LogP contribution in [0.1, 0.15) is 56.9 Å². The van der Waals surface area contributed by atoms with Crippen molar-refractivity contribution in [3.05, 3.63) is 46.5 Å². The lowest BCUT2D eigenvalue weighted by Crippen LogP contribution is -2.29. The van der Waals surface area contributed by atoms with Crippen molar-refractivity contribution >= 4 is 28.7 Å². The third-order valence-electron chi connectivity index (χ3n) is 4.59. The summed E-state index contributed by atoms with van der Waals surface area (Å²) in [5, 5.41) is 5.99. The summed E-state index contributed by atoms with van der Waals surface area (Å²) in [6.45, 7) is 7.95. The Morgan fingerprint density at radius 3 is 2.46 bits per heavy atom. The number of amides is 1. The molecule has 0 aliphatic carbocycles. The van der Waals surface area contributed by atoms with Gasteiger partial charge in [-0.25, -0.2) is 9.78 Å². The van der Waals surface area contributed by atoms with Crippen LogP contribution >= 0.6 is 0 Å². The van der Waals surface area contributed by atoms with E-state index in [0.717, 1.165) is 18.5 Å². The summed E-state index contributed by atoms with van der Waals surface area (Å²) in [6.07, 6.45) is 3.29. The van der Waals surface area contributed by atoms with Crippen molar-refractivity contribution in [2.45, 2.75) is 52.6 Å². The zero-order valence-corrected chi connectivity index (χ0v) is 16.6. The molecular formula is C20H26N6O2. The van der Waals surface area contributed by atoms with Crippen LogP contribution in [0.4, 0.5) is 11.6 Å². The summed E-state index contributed by atoms with van der Waals surface area (Å²) in [6, 6.07) is 7.26. The summed E-state index contributed by atoms with van der Waals surface area (Å²) in [5.41, 5.74) is 2.37. The number of aromatic amines is 1. The van der Waals surface area contributed by atoms with Crippen LogP contribution in [0.15, 0.2) is 35.3 Å². The molecule has 3 aromatic rings. The molecule has 0 saturated carbocycles. The quantitative estimate of drug-likeness (QED) is 0.581. The average molecular weight is 382 g/mol. The van der Waals surface area contributed by atoms with Gasteiger partial charge >= 0.3 is 5.69 Å². The first-order valence-electron chi connectivity index (χ1n) is 9.58. The lowest BCUT2D eigenvalue weighted by Gasteiger charge is -2.14. The summed E-state index contributed by atoms with van der Waals surface area (Å²) in [4.78, 5) is 36.0. The first-order chi connectivity index (χ1) is 13.4. The molecule has 0 fully saturated rings. The van der Waals surface area contributed by atoms with Crippen LogP contribution in [0.5, 0.6) is 0 Å². The maximum Gasteiger partial charge on any atom is 0.327 e. The van der Waals surface area contributed by atoms with Gasteiger partial charge in [-0.1, -0.05) is 13.8 Å². The van der Waals surface area contributed by atoms with E-state index < -0.39 is 0 Å². The number of imidazole rings is 1. The molecule has 0 atom stereocenters. The highest BCUT2D eigenvalue weighted by Crippen LogP contribution is 2.20. The Hall–Kier alpha value is -3.16. The van der Waals surface area contributed by atoms with Crippen molar-refractivity contribution in [2.75, 3.05) is 5.32 Å². The Bertz CT molecular complexity index is 1020. The number of hydrogen-bond donors (Lipinski definition) is 3. The topological polar surface area (TPSA) is 105 Å². The van der Waals surface area contributed by atoms with E-state index in [1.807, 2.05) is 13.8 Å².